The van der Waals surface area contributed by atoms with Gasteiger partial charge in [0.2, 0.25) is 5.91 Å². The van der Waals surface area contributed by atoms with Gasteiger partial charge in [-0.05, 0) is 19.3 Å². The van der Waals surface area contributed by atoms with Crippen molar-refractivity contribution in [3.63, 3.8) is 0 Å². The van der Waals surface area contributed by atoms with Crippen LogP contribution in [-0.4, -0.2) is 45.0 Å². The van der Waals surface area contributed by atoms with Crippen molar-refractivity contribution in [2.45, 2.75) is 26.2 Å². The summed E-state index contributed by atoms with van der Waals surface area (Å²) < 4.78 is 27.1. The molecule has 104 valence electrons. The highest BCUT2D eigenvalue weighted by Crippen LogP contribution is 2.17. The van der Waals surface area contributed by atoms with Gasteiger partial charge in [0.15, 0.2) is 9.84 Å². The maximum absolute atomic E-state index is 11.4. The van der Waals surface area contributed by atoms with Gasteiger partial charge >= 0.3 is 5.97 Å². The third-order valence-corrected chi connectivity index (χ3v) is 4.61. The summed E-state index contributed by atoms with van der Waals surface area (Å²) in [5.41, 5.74) is 0. The number of amides is 1. The molecule has 0 radical (unpaired) electrons. The van der Waals surface area contributed by atoms with Crippen molar-refractivity contribution < 1.29 is 22.7 Å². The van der Waals surface area contributed by atoms with Gasteiger partial charge in [0, 0.05) is 13.0 Å². The molecule has 1 unspecified atom stereocenters. The molecule has 7 heteroatoms. The minimum absolute atomic E-state index is 0.00143. The van der Waals surface area contributed by atoms with E-state index in [-0.39, 0.29) is 36.2 Å². The zero-order valence-corrected chi connectivity index (χ0v) is 11.3. The smallest absolute Gasteiger partial charge is 0.306 e. The van der Waals surface area contributed by atoms with Crippen LogP contribution in [0.2, 0.25) is 0 Å². The van der Waals surface area contributed by atoms with Gasteiger partial charge in [-0.1, -0.05) is 0 Å². The fraction of sp³-hybridized carbons (Fsp3) is 0.818. The van der Waals surface area contributed by atoms with Gasteiger partial charge in [-0.25, -0.2) is 8.42 Å². The van der Waals surface area contributed by atoms with Crippen LogP contribution in [0.4, 0.5) is 0 Å². The van der Waals surface area contributed by atoms with Gasteiger partial charge in [-0.3, -0.25) is 9.59 Å². The highest BCUT2D eigenvalue weighted by atomic mass is 32.2. The molecule has 1 heterocycles. The van der Waals surface area contributed by atoms with E-state index in [0.717, 1.165) is 0 Å². The van der Waals surface area contributed by atoms with Crippen molar-refractivity contribution in [2.75, 3.05) is 24.7 Å². The van der Waals surface area contributed by atoms with E-state index in [9.17, 15) is 18.0 Å². The van der Waals surface area contributed by atoms with E-state index < -0.39 is 15.8 Å². The lowest BCUT2D eigenvalue weighted by Crippen LogP contribution is -2.30. The Labute approximate surface area is 107 Å². The van der Waals surface area contributed by atoms with Crippen LogP contribution in [0.15, 0.2) is 0 Å². The molecule has 18 heavy (non-hydrogen) atoms. The molecule has 1 amide bonds. The lowest BCUT2D eigenvalue weighted by molar-refractivity contribution is -0.144. The monoisotopic (exact) mass is 277 g/mol. The second kappa shape index (κ2) is 6.72. The minimum atomic E-state index is -2.90. The summed E-state index contributed by atoms with van der Waals surface area (Å²) in [6.45, 7) is 2.37. The fourth-order valence-corrected chi connectivity index (χ4v) is 3.69. The zero-order valence-electron chi connectivity index (χ0n) is 10.5. The molecule has 0 aromatic heterocycles. The number of carbonyl (C=O) groups is 2. The minimum Gasteiger partial charge on any atom is -0.466 e. The molecular formula is C11H19NO5S. The average Bonchev–Trinajstić information content (AvgIpc) is 2.64. The molecule has 1 fully saturated rings. The van der Waals surface area contributed by atoms with Crippen molar-refractivity contribution in [1.29, 1.82) is 0 Å². The molecule has 1 saturated heterocycles. The summed E-state index contributed by atoms with van der Waals surface area (Å²) in [5, 5.41) is 2.65. The Morgan fingerprint density at radius 1 is 1.33 bits per heavy atom. The number of esters is 1. The molecule has 1 N–H and O–H groups in total. The first-order valence-corrected chi connectivity index (χ1v) is 7.88. The third-order valence-electron chi connectivity index (χ3n) is 2.78. The first-order valence-electron chi connectivity index (χ1n) is 6.05. The van der Waals surface area contributed by atoms with Crippen LogP contribution in [-0.2, 0) is 24.2 Å². The second-order valence-corrected chi connectivity index (χ2v) is 6.61. The largest absolute Gasteiger partial charge is 0.466 e. The molecule has 0 spiro atoms. The summed E-state index contributed by atoms with van der Waals surface area (Å²) in [4.78, 5) is 22.4. The molecule has 1 rings (SSSR count). The first-order chi connectivity index (χ1) is 8.43. The third kappa shape index (κ3) is 5.48. The number of nitrogens with one attached hydrogen (secondary N) is 1. The van der Waals surface area contributed by atoms with Crippen molar-refractivity contribution in [1.82, 2.24) is 5.32 Å². The molecule has 1 atom stereocenters. The second-order valence-electron chi connectivity index (χ2n) is 4.38. The van der Waals surface area contributed by atoms with Gasteiger partial charge in [-0.15, -0.1) is 0 Å². The molecule has 0 aromatic rings. The molecule has 0 aromatic carbocycles. The van der Waals surface area contributed by atoms with Gasteiger partial charge in [0.05, 0.1) is 24.5 Å². The summed E-state index contributed by atoms with van der Waals surface area (Å²) in [7, 11) is -2.90. The number of hydrogen-bond donors (Lipinski definition) is 1. The van der Waals surface area contributed by atoms with Crippen LogP contribution < -0.4 is 5.32 Å². The van der Waals surface area contributed by atoms with Gasteiger partial charge in [0.25, 0.3) is 0 Å². The quantitative estimate of drug-likeness (QED) is 0.684. The Kier molecular flexibility index (Phi) is 5.58. The van der Waals surface area contributed by atoms with Gasteiger partial charge < -0.3 is 10.1 Å². The van der Waals surface area contributed by atoms with E-state index >= 15 is 0 Å². The number of rotatable bonds is 6. The van der Waals surface area contributed by atoms with Crippen molar-refractivity contribution in [3.05, 3.63) is 0 Å². The maximum Gasteiger partial charge on any atom is 0.306 e. The normalized spacial score (nSPS) is 21.5. The van der Waals surface area contributed by atoms with Crippen LogP contribution in [0.25, 0.3) is 0 Å². The Balaban J connectivity index is 2.16. The number of carbonyl (C=O) groups excluding carboxylic acids is 2. The maximum atomic E-state index is 11.4. The van der Waals surface area contributed by atoms with E-state index in [4.69, 9.17) is 4.74 Å². The Morgan fingerprint density at radius 3 is 2.61 bits per heavy atom. The number of ether oxygens (including phenoxy) is 1. The van der Waals surface area contributed by atoms with E-state index in [2.05, 4.69) is 5.32 Å². The predicted octanol–water partition coefficient (Wildman–Crippen LogP) is -0.119. The fourth-order valence-electron chi connectivity index (χ4n) is 1.83. The van der Waals surface area contributed by atoms with E-state index in [0.29, 0.717) is 19.6 Å². The van der Waals surface area contributed by atoms with E-state index in [1.165, 1.54) is 0 Å². The molecule has 0 aliphatic carbocycles. The molecule has 6 nitrogen and oxygen atoms in total. The lowest BCUT2D eigenvalue weighted by atomic mass is 10.1. The Morgan fingerprint density at radius 2 is 2.06 bits per heavy atom. The lowest BCUT2D eigenvalue weighted by Gasteiger charge is -2.09. The number of hydrogen-bond acceptors (Lipinski definition) is 5. The van der Waals surface area contributed by atoms with Crippen LogP contribution in [0.1, 0.15) is 26.2 Å². The molecule has 1 aliphatic heterocycles. The van der Waals surface area contributed by atoms with Gasteiger partial charge in [0.1, 0.15) is 0 Å². The topological polar surface area (TPSA) is 89.5 Å². The van der Waals surface area contributed by atoms with Crippen LogP contribution in [0.5, 0.6) is 0 Å². The standard InChI is InChI=1S/C11H19NO5S/c1-2-17-11(14)4-3-10(13)12-7-9-5-6-18(15,16)8-9/h9H,2-8H2,1H3,(H,12,13). The zero-order chi connectivity index (χ0) is 13.6. The van der Waals surface area contributed by atoms with Crippen LogP contribution in [0, 0.1) is 5.92 Å². The van der Waals surface area contributed by atoms with Gasteiger partial charge in [-0.2, -0.15) is 0 Å². The Bertz CT molecular complexity index is 404. The molecule has 1 aliphatic rings. The van der Waals surface area contributed by atoms with Crippen LogP contribution >= 0.6 is 0 Å². The highest BCUT2D eigenvalue weighted by molar-refractivity contribution is 7.91. The number of sulfone groups is 1. The van der Waals surface area contributed by atoms with Crippen LogP contribution in [0.3, 0.4) is 0 Å². The van der Waals surface area contributed by atoms with Crippen molar-refractivity contribution >= 4 is 21.7 Å². The molecule has 0 bridgehead atoms. The summed E-state index contributed by atoms with van der Waals surface area (Å²) in [6, 6.07) is 0. The summed E-state index contributed by atoms with van der Waals surface area (Å²) >= 11 is 0. The highest BCUT2D eigenvalue weighted by Gasteiger charge is 2.27. The summed E-state index contributed by atoms with van der Waals surface area (Å²) in [5.74, 6) is -0.286. The Hall–Kier alpha value is -1.11. The van der Waals surface area contributed by atoms with E-state index in [1.807, 2.05) is 0 Å². The molecule has 0 saturated carbocycles. The first kappa shape index (κ1) is 14.9. The summed E-state index contributed by atoms with van der Waals surface area (Å²) in [6.07, 6.45) is 0.738. The molecular weight excluding hydrogens is 258 g/mol. The predicted molar refractivity (Wildman–Crippen MR) is 65.6 cm³/mol. The SMILES string of the molecule is CCOC(=O)CCC(=O)NCC1CCS(=O)(=O)C1. The van der Waals surface area contributed by atoms with Crippen molar-refractivity contribution in [3.8, 4) is 0 Å². The van der Waals surface area contributed by atoms with E-state index in [1.54, 1.807) is 6.92 Å². The average molecular weight is 277 g/mol. The van der Waals surface area contributed by atoms with Crippen molar-refractivity contribution in [2.24, 2.45) is 5.92 Å².